The van der Waals surface area contributed by atoms with Gasteiger partial charge in [0.1, 0.15) is 17.7 Å². The van der Waals surface area contributed by atoms with Gasteiger partial charge in [0, 0.05) is 6.42 Å². The predicted octanol–water partition coefficient (Wildman–Crippen LogP) is 2.24. The lowest BCUT2D eigenvalue weighted by Crippen LogP contribution is -2.38. The van der Waals surface area contributed by atoms with Crippen molar-refractivity contribution in [2.24, 2.45) is 0 Å². The Kier molecular flexibility index (Phi) is 6.98. The maximum absolute atomic E-state index is 12.6. The molecule has 3 rings (SSSR count). The SMILES string of the molecule is CCC(C)P(=O)(O)OC(C)(CC)CC1OC(n2cnc3c(Cl)nc(N)nc32)C(O)C1O. The van der Waals surface area contributed by atoms with Crippen LogP contribution >= 0.6 is 19.2 Å². The Hall–Kier alpha value is -1.33. The number of aromatic nitrogens is 4. The minimum atomic E-state index is -3.88. The van der Waals surface area contributed by atoms with E-state index in [0.717, 1.165) is 0 Å². The van der Waals surface area contributed by atoms with Crippen molar-refractivity contribution in [3.05, 3.63) is 11.5 Å². The van der Waals surface area contributed by atoms with Gasteiger partial charge in [0.15, 0.2) is 17.0 Å². The molecule has 11 nitrogen and oxygen atoms in total. The Labute approximate surface area is 185 Å². The summed E-state index contributed by atoms with van der Waals surface area (Å²) >= 11 is 6.05. The van der Waals surface area contributed by atoms with Crippen LogP contribution in [0.5, 0.6) is 0 Å². The van der Waals surface area contributed by atoms with Gasteiger partial charge in [-0.25, -0.2) is 4.98 Å². The Morgan fingerprint density at radius 2 is 2.06 bits per heavy atom. The van der Waals surface area contributed by atoms with E-state index < -0.39 is 43.4 Å². The number of aliphatic hydroxyl groups is 2. The van der Waals surface area contributed by atoms with E-state index in [1.807, 2.05) is 13.8 Å². The first-order valence-corrected chi connectivity index (χ1v) is 12.1. The number of nitrogen functional groups attached to an aromatic ring is 1. The molecule has 0 amide bonds. The number of fused-ring (bicyclic) bond motifs is 1. The quantitative estimate of drug-likeness (QED) is 0.327. The number of imidazole rings is 1. The third kappa shape index (κ3) is 4.73. The molecule has 5 N–H and O–H groups in total. The summed E-state index contributed by atoms with van der Waals surface area (Å²) in [7, 11) is -3.88. The number of aliphatic hydroxyl groups excluding tert-OH is 2. The molecule has 0 aliphatic carbocycles. The minimum absolute atomic E-state index is 0.0570. The monoisotopic (exact) mass is 477 g/mol. The molecule has 31 heavy (non-hydrogen) atoms. The first-order chi connectivity index (χ1) is 14.4. The molecule has 7 unspecified atom stereocenters. The fourth-order valence-corrected chi connectivity index (χ4v) is 5.22. The molecule has 0 aromatic carbocycles. The van der Waals surface area contributed by atoms with Gasteiger partial charge in [0.2, 0.25) is 5.95 Å². The highest BCUT2D eigenvalue weighted by molar-refractivity contribution is 7.53. The fraction of sp³-hybridized carbons (Fsp3) is 0.722. The first-order valence-electron chi connectivity index (χ1n) is 10.1. The Bertz CT molecular complexity index is 992. The standard InChI is InChI=1S/C18H29ClN5O6P/c1-5-9(3)31(27,28)30-18(4,6-2)7-10-12(25)13(26)16(29-10)24-8-21-11-14(19)22-17(20)23-15(11)24/h8-10,12-13,16,25-26H,5-7H2,1-4H3,(H,27,28)(H2,20,22,23). The molecular weight excluding hydrogens is 449 g/mol. The van der Waals surface area contributed by atoms with Crippen molar-refractivity contribution in [3.63, 3.8) is 0 Å². The molecular formula is C18H29ClN5O6P. The van der Waals surface area contributed by atoms with Crippen LogP contribution in [0.15, 0.2) is 6.33 Å². The molecule has 1 aliphatic rings. The van der Waals surface area contributed by atoms with Crippen molar-refractivity contribution in [2.75, 3.05) is 5.73 Å². The largest absolute Gasteiger partial charge is 0.388 e. The van der Waals surface area contributed by atoms with E-state index in [-0.39, 0.29) is 28.7 Å². The Morgan fingerprint density at radius 1 is 1.39 bits per heavy atom. The van der Waals surface area contributed by atoms with Crippen LogP contribution in [0.3, 0.4) is 0 Å². The molecule has 174 valence electrons. The molecule has 7 atom stereocenters. The van der Waals surface area contributed by atoms with Crippen LogP contribution in [0.25, 0.3) is 11.2 Å². The van der Waals surface area contributed by atoms with E-state index in [0.29, 0.717) is 12.8 Å². The average Bonchev–Trinajstić information content (AvgIpc) is 3.23. The van der Waals surface area contributed by atoms with Crippen molar-refractivity contribution in [3.8, 4) is 0 Å². The summed E-state index contributed by atoms with van der Waals surface area (Å²) in [6.07, 6.45) is -2.13. The summed E-state index contributed by atoms with van der Waals surface area (Å²) in [6, 6.07) is 0. The zero-order chi connectivity index (χ0) is 23.1. The molecule has 1 saturated heterocycles. The molecule has 0 bridgehead atoms. The summed E-state index contributed by atoms with van der Waals surface area (Å²) in [4.78, 5) is 22.4. The zero-order valence-corrected chi connectivity index (χ0v) is 19.5. The lowest BCUT2D eigenvalue weighted by molar-refractivity contribution is -0.0653. The highest BCUT2D eigenvalue weighted by atomic mass is 35.5. The highest BCUT2D eigenvalue weighted by Crippen LogP contribution is 2.54. The maximum atomic E-state index is 12.6. The second kappa shape index (κ2) is 8.90. The summed E-state index contributed by atoms with van der Waals surface area (Å²) in [6.45, 7) is 6.97. The van der Waals surface area contributed by atoms with E-state index >= 15 is 0 Å². The van der Waals surface area contributed by atoms with Gasteiger partial charge in [-0.1, -0.05) is 32.4 Å². The van der Waals surface area contributed by atoms with Gasteiger partial charge in [-0.15, -0.1) is 0 Å². The van der Waals surface area contributed by atoms with Crippen LogP contribution in [0.2, 0.25) is 5.15 Å². The number of ether oxygens (including phenoxy) is 1. The van der Waals surface area contributed by atoms with E-state index in [1.165, 1.54) is 10.9 Å². The van der Waals surface area contributed by atoms with Crippen molar-refractivity contribution >= 4 is 36.3 Å². The van der Waals surface area contributed by atoms with Gasteiger partial charge < -0.3 is 30.1 Å². The van der Waals surface area contributed by atoms with E-state index in [1.54, 1.807) is 13.8 Å². The van der Waals surface area contributed by atoms with Gasteiger partial charge in [-0.05, 0) is 19.8 Å². The van der Waals surface area contributed by atoms with Crippen molar-refractivity contribution in [2.45, 2.75) is 82.8 Å². The average molecular weight is 478 g/mol. The molecule has 13 heteroatoms. The van der Waals surface area contributed by atoms with Gasteiger partial charge in [0.05, 0.1) is 23.7 Å². The van der Waals surface area contributed by atoms with E-state index in [2.05, 4.69) is 15.0 Å². The second-order valence-electron chi connectivity index (χ2n) is 8.16. The molecule has 2 aromatic rings. The van der Waals surface area contributed by atoms with Gasteiger partial charge in [-0.3, -0.25) is 9.13 Å². The predicted molar refractivity (Wildman–Crippen MR) is 115 cm³/mol. The molecule has 1 aliphatic heterocycles. The van der Waals surface area contributed by atoms with E-state index in [9.17, 15) is 19.7 Å². The molecule has 0 spiro atoms. The second-order valence-corrected chi connectivity index (χ2v) is 10.7. The smallest absolute Gasteiger partial charge is 0.331 e. The maximum Gasteiger partial charge on any atom is 0.331 e. The molecule has 1 fully saturated rings. The third-order valence-corrected chi connectivity index (χ3v) is 8.33. The van der Waals surface area contributed by atoms with Crippen LogP contribution in [-0.4, -0.2) is 64.2 Å². The van der Waals surface area contributed by atoms with Gasteiger partial charge >= 0.3 is 7.60 Å². The third-order valence-electron chi connectivity index (χ3n) is 5.89. The Balaban J connectivity index is 1.84. The summed E-state index contributed by atoms with van der Waals surface area (Å²) in [5.74, 6) is -0.0699. The number of hydrogen-bond acceptors (Lipinski definition) is 9. The Morgan fingerprint density at radius 3 is 2.68 bits per heavy atom. The number of rotatable bonds is 8. The van der Waals surface area contributed by atoms with Crippen molar-refractivity contribution in [1.82, 2.24) is 19.5 Å². The van der Waals surface area contributed by atoms with Crippen LogP contribution in [0, 0.1) is 0 Å². The number of nitrogens with zero attached hydrogens (tertiary/aromatic N) is 4. The lowest BCUT2D eigenvalue weighted by Gasteiger charge is -2.35. The van der Waals surface area contributed by atoms with Crippen LogP contribution < -0.4 is 5.73 Å². The molecule has 3 heterocycles. The number of nitrogens with two attached hydrogens (primary N) is 1. The lowest BCUT2D eigenvalue weighted by atomic mass is 9.93. The highest BCUT2D eigenvalue weighted by Gasteiger charge is 2.48. The van der Waals surface area contributed by atoms with Crippen molar-refractivity contribution < 1.29 is 28.9 Å². The van der Waals surface area contributed by atoms with Crippen LogP contribution in [0.1, 0.15) is 53.2 Å². The number of anilines is 1. The van der Waals surface area contributed by atoms with Crippen LogP contribution in [0.4, 0.5) is 5.95 Å². The molecule has 0 saturated carbocycles. The van der Waals surface area contributed by atoms with Crippen LogP contribution in [-0.2, 0) is 13.8 Å². The molecule has 2 aromatic heterocycles. The number of halogens is 1. The summed E-state index contributed by atoms with van der Waals surface area (Å²) in [5, 5.41) is 21.3. The minimum Gasteiger partial charge on any atom is -0.388 e. The topological polar surface area (TPSA) is 166 Å². The summed E-state index contributed by atoms with van der Waals surface area (Å²) < 4.78 is 25.7. The van der Waals surface area contributed by atoms with Crippen molar-refractivity contribution in [1.29, 1.82) is 0 Å². The first kappa shape index (κ1) is 24.3. The zero-order valence-electron chi connectivity index (χ0n) is 17.8. The fourth-order valence-electron chi connectivity index (χ4n) is 3.52. The van der Waals surface area contributed by atoms with Gasteiger partial charge in [0.25, 0.3) is 0 Å². The number of hydrogen-bond donors (Lipinski definition) is 4. The van der Waals surface area contributed by atoms with Gasteiger partial charge in [-0.2, -0.15) is 9.97 Å². The summed E-state index contributed by atoms with van der Waals surface area (Å²) in [5.41, 5.74) is 4.61. The normalized spacial score (nSPS) is 29.0. The van der Waals surface area contributed by atoms with E-state index in [4.69, 9.17) is 26.6 Å². The molecule has 0 radical (unpaired) electrons.